The van der Waals surface area contributed by atoms with Crippen molar-refractivity contribution >= 4 is 189 Å². The molecule has 4 atom stereocenters. The number of nitrogens with two attached hydrogens (primary N) is 3. The smallest absolute Gasteiger partial charge is 0.494 e. The van der Waals surface area contributed by atoms with E-state index in [0.717, 1.165) is 20.7 Å². The van der Waals surface area contributed by atoms with Gasteiger partial charge in [0.2, 0.25) is 5.75 Å². The minimum absolute atomic E-state index is 0. The van der Waals surface area contributed by atoms with Crippen LogP contribution in [-0.4, -0.2) is 150 Å². The number of hydrogen-bond acceptors (Lipinski definition) is 22. The van der Waals surface area contributed by atoms with E-state index in [4.69, 9.17) is 148 Å². The zero-order chi connectivity index (χ0) is 95.9. The molecule has 6 N–H and O–H groups in total. The summed E-state index contributed by atoms with van der Waals surface area (Å²) >= 11 is 50.2. The molecular weight excluding hydrogens is 2000 g/mol. The maximum atomic E-state index is 14.0. The molecule has 4 aromatic heterocycles. The first kappa shape index (κ1) is 107. The fraction of sp³-hybridized carbons (Fsp3) is 0.333. The molecule has 700 valence electrons. The highest BCUT2D eigenvalue weighted by Gasteiger charge is 2.52. The minimum atomic E-state index is -0.788. The largest absolute Gasteiger partial charge is 0.813 e. The van der Waals surface area contributed by atoms with Crippen LogP contribution < -0.4 is 41.6 Å². The lowest BCUT2D eigenvalue weighted by atomic mass is 9.79. The summed E-state index contributed by atoms with van der Waals surface area (Å²) in [5, 5.41) is 11.6. The molecule has 3 aliphatic rings. The predicted molar refractivity (Wildman–Crippen MR) is 515 cm³/mol. The van der Waals surface area contributed by atoms with E-state index >= 15 is 0 Å². The summed E-state index contributed by atoms with van der Waals surface area (Å²) in [7, 11) is -0.448. The first-order chi connectivity index (χ1) is 60.9. The molecule has 0 saturated carbocycles. The van der Waals surface area contributed by atoms with Gasteiger partial charge >= 0.3 is 25.1 Å². The number of rotatable bonds is 17. The van der Waals surface area contributed by atoms with Gasteiger partial charge in [-0.25, -0.2) is 42.1 Å². The first-order valence-electron chi connectivity index (χ1n) is 40.2. The van der Waals surface area contributed by atoms with Crippen LogP contribution in [0.5, 0.6) is 23.0 Å². The van der Waals surface area contributed by atoms with Gasteiger partial charge in [0.25, 0.3) is 11.8 Å². The lowest BCUT2D eigenvalue weighted by molar-refractivity contribution is -0.390. The van der Waals surface area contributed by atoms with Crippen LogP contribution in [0.1, 0.15) is 164 Å². The third-order valence-electron chi connectivity index (χ3n) is 20.2. The van der Waals surface area contributed by atoms with Crippen molar-refractivity contribution in [3.8, 4) is 34.1 Å². The van der Waals surface area contributed by atoms with Gasteiger partial charge in [-0.1, -0.05) is 117 Å². The molecule has 131 heavy (non-hydrogen) atoms. The molecule has 41 heteroatoms. The highest BCUT2D eigenvalue weighted by molar-refractivity contribution is 14.1. The van der Waals surface area contributed by atoms with Crippen LogP contribution in [0.4, 0.5) is 50.4 Å². The summed E-state index contributed by atoms with van der Waals surface area (Å²) in [6.07, 6.45) is 2.73. The Balaban J connectivity index is 0.000000208. The van der Waals surface area contributed by atoms with Crippen LogP contribution in [0.2, 0.25) is 40.2 Å². The van der Waals surface area contributed by atoms with E-state index in [2.05, 4.69) is 42.5 Å². The SMILES string of the molecule is CC(C)(C)OC(=O)N1CCN(C(=O)c2ccc(B3OC(C)(C)C(C)(C)O3)cc2)CC1.C[C@@H](Oc1cc(-c2ccc(C(=O)N3CCN(C(=O)OC(C)(C)C)CC3)cc2)cnc1N)c1c(Cl)ccc(F)c1Cl.C[C@@H](Oc1cc(I)cnc1N)c1c(Cl)ccc(F)c1Cl.C[C@@H](Oc1cccnc1N)c1c(Cl)ccc(F)c1Cl.C[C@@H](Oc1cccnc1[N+](=O)[O-])c1c(Cl)ccc(F)c1Cl.[SH-]. The quantitative estimate of drug-likeness (QED) is 0.0111. The third-order valence-corrected chi connectivity index (χ3v) is 23.6. The fourth-order valence-electron chi connectivity index (χ4n) is 12.8. The van der Waals surface area contributed by atoms with Crippen molar-refractivity contribution in [1.29, 1.82) is 0 Å². The molecular formula is C90H95BCl8F4IN12O14S-. The molecule has 0 radical (unpaired) electrons. The third kappa shape index (κ3) is 28.5. The predicted octanol–water partition coefficient (Wildman–Crippen LogP) is 22.7. The Morgan fingerprint density at radius 2 is 0.779 bits per heavy atom. The number of hydrogen-bond donors (Lipinski definition) is 3. The topological polar surface area (TPSA) is 328 Å². The summed E-state index contributed by atoms with van der Waals surface area (Å²) in [5.41, 5.74) is 20.4. The molecule has 0 bridgehead atoms. The van der Waals surface area contributed by atoms with Crippen LogP contribution in [0.25, 0.3) is 11.1 Å². The Labute approximate surface area is 817 Å². The molecule has 3 fully saturated rings. The van der Waals surface area contributed by atoms with Crippen molar-refractivity contribution in [2.75, 3.05) is 69.6 Å². The van der Waals surface area contributed by atoms with Gasteiger partial charge in [0.05, 0.1) is 31.3 Å². The van der Waals surface area contributed by atoms with E-state index < -0.39 is 87.9 Å². The molecule has 0 unspecified atom stereocenters. The van der Waals surface area contributed by atoms with E-state index in [9.17, 15) is 46.9 Å². The number of halogens is 13. The van der Waals surface area contributed by atoms with E-state index in [-0.39, 0.29) is 102 Å². The number of pyridine rings is 4. The molecule has 3 aliphatic heterocycles. The van der Waals surface area contributed by atoms with Crippen molar-refractivity contribution in [2.45, 2.75) is 144 Å². The summed E-state index contributed by atoms with van der Waals surface area (Å²) < 4.78 is 101. The summed E-state index contributed by atoms with van der Waals surface area (Å²) in [6, 6.07) is 34.5. The van der Waals surface area contributed by atoms with E-state index in [0.29, 0.717) is 107 Å². The maximum Gasteiger partial charge on any atom is 0.494 e. The average molecular weight is 2100 g/mol. The minimum Gasteiger partial charge on any atom is -0.813 e. The van der Waals surface area contributed by atoms with E-state index in [1.165, 1.54) is 60.8 Å². The highest BCUT2D eigenvalue weighted by atomic mass is 127. The van der Waals surface area contributed by atoms with Crippen LogP contribution in [0.3, 0.4) is 0 Å². The number of anilines is 3. The Bertz CT molecular complexity index is 5720. The van der Waals surface area contributed by atoms with Crippen molar-refractivity contribution in [3.05, 3.63) is 269 Å². The Morgan fingerprint density at radius 1 is 0.458 bits per heavy atom. The van der Waals surface area contributed by atoms with E-state index in [1.54, 1.807) is 102 Å². The average Bonchev–Trinajstić information content (AvgIpc) is 1.62. The van der Waals surface area contributed by atoms with Crippen molar-refractivity contribution in [1.82, 2.24) is 39.5 Å². The second kappa shape index (κ2) is 46.4. The van der Waals surface area contributed by atoms with Crippen LogP contribution in [-0.2, 0) is 32.3 Å². The zero-order valence-electron chi connectivity index (χ0n) is 73.4. The number of nitrogens with zero attached hydrogens (tertiary/aromatic N) is 9. The molecule has 3 saturated heterocycles. The summed E-state index contributed by atoms with van der Waals surface area (Å²) in [6.45, 7) is 29.3. The van der Waals surface area contributed by atoms with Gasteiger partial charge in [-0.2, -0.15) is 0 Å². The Hall–Kier alpha value is -9.50. The van der Waals surface area contributed by atoms with Gasteiger partial charge in [0, 0.05) is 134 Å². The number of carbonyl (C=O) groups excluding carboxylic acids is 4. The second-order valence-corrected chi connectivity index (χ2v) is 36.9. The van der Waals surface area contributed by atoms with Crippen LogP contribution in [0.15, 0.2) is 158 Å². The number of aromatic nitrogens is 4. The van der Waals surface area contributed by atoms with Gasteiger partial charge in [0.1, 0.15) is 65.1 Å². The van der Waals surface area contributed by atoms with Gasteiger partial charge in [0.15, 0.2) is 34.7 Å². The van der Waals surface area contributed by atoms with Crippen molar-refractivity contribution in [2.24, 2.45) is 0 Å². The van der Waals surface area contributed by atoms with E-state index in [1.807, 2.05) is 106 Å². The Morgan fingerprint density at radius 3 is 1.15 bits per heavy atom. The monoisotopic (exact) mass is 2090 g/mol. The van der Waals surface area contributed by atoms with Gasteiger partial charge < -0.3 is 98.1 Å². The number of benzene rings is 6. The maximum absolute atomic E-state index is 14.0. The number of ether oxygens (including phenoxy) is 6. The number of amides is 4. The fourth-order valence-corrected chi connectivity index (χ4v) is 15.9. The lowest BCUT2D eigenvalue weighted by Gasteiger charge is -2.35. The van der Waals surface area contributed by atoms with Crippen LogP contribution >= 0.6 is 115 Å². The van der Waals surface area contributed by atoms with Gasteiger partial charge in [-0.3, -0.25) is 9.59 Å². The number of nitro groups is 1. The molecule has 4 amide bonds. The zero-order valence-corrected chi connectivity index (χ0v) is 82.5. The second-order valence-electron chi connectivity index (χ2n) is 32.5. The standard InChI is InChI=1S/C29H31Cl2FN4O4.C22H33BN2O5.C13H10Cl2FIN2O.C13H9Cl2FN2O3.C13H11Cl2FN2O.H2S/c1-17(24-21(30)9-10-22(32)25(24)31)39-23-15-20(16-34-26(23)33)18-5-7-19(8-6-18)27(37)35-11-13-36(14-12-35)28(38)40-29(2,3)4;1-20(2,3)28-19(27)25-14-12-24(13-15-25)18(26)16-8-10-17(11-9-16)23-29-21(4,5)22(6,7)30-23;1-6(11-8(14)2-3-9(16)12(11)15)20-10-4-7(17)5-19-13(10)18;1-7(11-8(14)4-5-9(16)12(11)15)21-10-3-2-6-17-13(10)18(19)20;1-7(19-10-3-2-6-18-13(10)17)11-8(14)4-5-9(16)12(11)15;/h5-10,15-17H,11-14H2,1-4H3,(H2,33,34);8-11H,12-15H2,1-7H3;2-6H,1H3,(H2,18,19);2-7H,1H3;2-7H,1H3,(H2,17,18);1H2/p-1/t17-;;6-;2*7-;/m1.111./s1. The highest BCUT2D eigenvalue weighted by Crippen LogP contribution is 2.43. The van der Waals surface area contributed by atoms with Gasteiger partial charge in [-0.05, 0) is 250 Å². The molecule has 7 heterocycles. The molecule has 10 aromatic rings. The number of piperazine rings is 2. The lowest BCUT2D eigenvalue weighted by Crippen LogP contribution is -2.51. The number of nitrogen functional groups attached to an aromatic ring is 3. The van der Waals surface area contributed by atoms with Gasteiger partial charge in [-0.15, -0.1) is 0 Å². The molecule has 0 spiro atoms. The first-order valence-corrected chi connectivity index (χ1v) is 44.3. The number of carbonyl (C=O) groups is 4. The molecule has 26 nitrogen and oxygen atoms in total. The summed E-state index contributed by atoms with van der Waals surface area (Å²) in [5.74, 6) is -1.26. The molecule has 6 aromatic carbocycles. The number of thiol groups is 1. The molecule has 13 rings (SSSR count). The Kier molecular flexibility index (Phi) is 37.9. The van der Waals surface area contributed by atoms with Crippen molar-refractivity contribution in [3.63, 3.8) is 0 Å². The summed E-state index contributed by atoms with van der Waals surface area (Å²) in [4.78, 5) is 83.2. The van der Waals surface area contributed by atoms with Crippen molar-refractivity contribution < 1.29 is 79.4 Å². The van der Waals surface area contributed by atoms with Crippen LogP contribution in [0, 0.1) is 37.0 Å². The molecule has 0 aliphatic carbocycles. The normalized spacial score (nSPS) is 14.8.